The molecule has 182 valence electrons. The third kappa shape index (κ3) is 4.94. The summed E-state index contributed by atoms with van der Waals surface area (Å²) in [5, 5.41) is 15.3. The van der Waals surface area contributed by atoms with Gasteiger partial charge in [0.2, 0.25) is 5.91 Å². The van der Waals surface area contributed by atoms with Crippen molar-refractivity contribution in [3.8, 4) is 11.4 Å². The molecule has 1 N–H and O–H groups in total. The number of aryl methyl sites for hydroxylation is 2. The first kappa shape index (κ1) is 24.9. The number of carbonyl (C=O) groups excluding carboxylic acids is 2. The number of esters is 1. The van der Waals surface area contributed by atoms with E-state index < -0.39 is 5.97 Å². The predicted octanol–water partition coefficient (Wildman–Crippen LogP) is 6.05. The minimum absolute atomic E-state index is 0.160. The van der Waals surface area contributed by atoms with Gasteiger partial charge in [0, 0.05) is 26.7 Å². The molecule has 0 aliphatic heterocycles. The standard InChI is InChI=1S/C24H30N4O3S3/c1-6-31-23(30)20-14(4)15(5)34-22(20)25-19(29)12-33-24-27-26-21(28(24)13(2)3)17-11-32-18-10-8-7-9-16(17)18/h11,13H,6-10,12H2,1-5H3,(H,25,29). The number of carbonyl (C=O) groups is 2. The summed E-state index contributed by atoms with van der Waals surface area (Å²) in [6.45, 7) is 10.1. The maximum absolute atomic E-state index is 12.8. The highest BCUT2D eigenvalue weighted by molar-refractivity contribution is 7.99. The molecule has 3 heterocycles. The van der Waals surface area contributed by atoms with E-state index in [1.807, 2.05) is 25.2 Å². The summed E-state index contributed by atoms with van der Waals surface area (Å²) in [5.74, 6) is 0.455. The van der Waals surface area contributed by atoms with Gasteiger partial charge >= 0.3 is 5.97 Å². The lowest BCUT2D eigenvalue weighted by molar-refractivity contribution is -0.113. The van der Waals surface area contributed by atoms with Crippen molar-refractivity contribution in [3.05, 3.63) is 31.8 Å². The van der Waals surface area contributed by atoms with Gasteiger partial charge in [0.1, 0.15) is 5.00 Å². The van der Waals surface area contributed by atoms with Crippen LogP contribution in [0.5, 0.6) is 0 Å². The first-order valence-electron chi connectivity index (χ1n) is 11.6. The first-order valence-corrected chi connectivity index (χ1v) is 14.2. The van der Waals surface area contributed by atoms with Crippen molar-refractivity contribution in [1.29, 1.82) is 0 Å². The largest absolute Gasteiger partial charge is 0.462 e. The molecular formula is C24H30N4O3S3. The molecule has 0 spiro atoms. The summed E-state index contributed by atoms with van der Waals surface area (Å²) in [7, 11) is 0. The van der Waals surface area contributed by atoms with E-state index in [4.69, 9.17) is 4.74 Å². The van der Waals surface area contributed by atoms with Crippen LogP contribution in [-0.2, 0) is 22.4 Å². The van der Waals surface area contributed by atoms with E-state index in [-0.39, 0.29) is 24.3 Å². The molecule has 0 atom stereocenters. The lowest BCUT2D eigenvalue weighted by Crippen LogP contribution is -2.17. The number of nitrogens with zero attached hydrogens (tertiary/aromatic N) is 3. The second-order valence-electron chi connectivity index (χ2n) is 8.57. The van der Waals surface area contributed by atoms with Crippen molar-refractivity contribution in [3.63, 3.8) is 0 Å². The average Bonchev–Trinajstić information content (AvgIpc) is 3.48. The molecule has 7 nitrogen and oxygen atoms in total. The molecule has 3 aromatic rings. The highest BCUT2D eigenvalue weighted by atomic mass is 32.2. The number of hydrogen-bond acceptors (Lipinski definition) is 8. The SMILES string of the molecule is CCOC(=O)c1c(NC(=O)CSc2nnc(-c3csc4c3CCCC4)n2C(C)C)sc(C)c1C. The van der Waals surface area contributed by atoms with Crippen LogP contribution >= 0.6 is 34.4 Å². The lowest BCUT2D eigenvalue weighted by Gasteiger charge is -2.16. The zero-order chi connectivity index (χ0) is 24.4. The second kappa shape index (κ2) is 10.6. The molecule has 4 rings (SSSR count). The van der Waals surface area contributed by atoms with Crippen LogP contribution in [0.2, 0.25) is 0 Å². The van der Waals surface area contributed by atoms with E-state index in [2.05, 4.69) is 39.3 Å². The van der Waals surface area contributed by atoms with Crippen LogP contribution in [0, 0.1) is 13.8 Å². The average molecular weight is 519 g/mol. The normalized spacial score (nSPS) is 13.2. The van der Waals surface area contributed by atoms with Gasteiger partial charge in [0.05, 0.1) is 17.9 Å². The summed E-state index contributed by atoms with van der Waals surface area (Å²) in [6.07, 6.45) is 4.70. The van der Waals surface area contributed by atoms with E-state index in [0.29, 0.717) is 10.6 Å². The van der Waals surface area contributed by atoms with Gasteiger partial charge in [0.25, 0.3) is 0 Å². The molecule has 0 unspecified atom stereocenters. The summed E-state index contributed by atoms with van der Waals surface area (Å²) in [6, 6.07) is 0.160. The molecule has 10 heteroatoms. The number of nitrogens with one attached hydrogen (secondary N) is 1. The van der Waals surface area contributed by atoms with E-state index in [1.54, 1.807) is 6.92 Å². The smallest absolute Gasteiger partial charge is 0.341 e. The van der Waals surface area contributed by atoms with Crippen LogP contribution in [0.4, 0.5) is 5.00 Å². The molecular weight excluding hydrogens is 488 g/mol. The number of thiophene rings is 2. The van der Waals surface area contributed by atoms with E-state index in [0.717, 1.165) is 34.3 Å². The van der Waals surface area contributed by atoms with Crippen molar-refractivity contribution in [1.82, 2.24) is 14.8 Å². The Balaban J connectivity index is 1.51. The summed E-state index contributed by atoms with van der Waals surface area (Å²) >= 11 is 4.57. The van der Waals surface area contributed by atoms with Crippen LogP contribution in [0.3, 0.4) is 0 Å². The van der Waals surface area contributed by atoms with Gasteiger partial charge in [-0.2, -0.15) is 0 Å². The monoisotopic (exact) mass is 518 g/mol. The summed E-state index contributed by atoms with van der Waals surface area (Å²) in [5.41, 5.74) is 3.88. The van der Waals surface area contributed by atoms with Crippen molar-refractivity contribution in [2.75, 3.05) is 17.7 Å². The molecule has 1 amide bonds. The van der Waals surface area contributed by atoms with Gasteiger partial charge in [-0.15, -0.1) is 32.9 Å². The topological polar surface area (TPSA) is 86.1 Å². The van der Waals surface area contributed by atoms with Gasteiger partial charge < -0.3 is 10.1 Å². The third-order valence-electron chi connectivity index (χ3n) is 5.93. The van der Waals surface area contributed by atoms with Gasteiger partial charge in [-0.3, -0.25) is 9.36 Å². The fraction of sp³-hybridized carbons (Fsp3) is 0.500. The number of thioether (sulfide) groups is 1. The van der Waals surface area contributed by atoms with E-state index in [1.165, 1.54) is 51.9 Å². The molecule has 0 aromatic carbocycles. The Bertz CT molecular complexity index is 1210. The molecule has 0 fully saturated rings. The highest BCUT2D eigenvalue weighted by Crippen LogP contribution is 2.38. The molecule has 0 bridgehead atoms. The Morgan fingerprint density at radius 3 is 2.74 bits per heavy atom. The highest BCUT2D eigenvalue weighted by Gasteiger charge is 2.25. The number of anilines is 1. The predicted molar refractivity (Wildman–Crippen MR) is 139 cm³/mol. The van der Waals surface area contributed by atoms with Crippen molar-refractivity contribution >= 4 is 51.3 Å². The molecule has 34 heavy (non-hydrogen) atoms. The van der Waals surface area contributed by atoms with Crippen molar-refractivity contribution < 1.29 is 14.3 Å². The van der Waals surface area contributed by atoms with Crippen LogP contribution in [0.25, 0.3) is 11.4 Å². The van der Waals surface area contributed by atoms with E-state index in [9.17, 15) is 9.59 Å². The van der Waals surface area contributed by atoms with Crippen LogP contribution in [0.1, 0.15) is 70.9 Å². The van der Waals surface area contributed by atoms with E-state index >= 15 is 0 Å². The van der Waals surface area contributed by atoms with Crippen LogP contribution in [0.15, 0.2) is 10.5 Å². The lowest BCUT2D eigenvalue weighted by atomic mass is 9.95. The van der Waals surface area contributed by atoms with Gasteiger partial charge in [-0.1, -0.05) is 11.8 Å². The van der Waals surface area contributed by atoms with Crippen molar-refractivity contribution in [2.45, 2.75) is 71.5 Å². The first-order chi connectivity index (χ1) is 16.3. The Morgan fingerprint density at radius 1 is 1.24 bits per heavy atom. The number of amides is 1. The molecule has 0 radical (unpaired) electrons. The molecule has 3 aromatic heterocycles. The number of hydrogen-bond donors (Lipinski definition) is 1. The third-order valence-corrected chi connectivity index (χ3v) is 9.09. The number of rotatable bonds is 8. The van der Waals surface area contributed by atoms with Crippen LogP contribution < -0.4 is 5.32 Å². The van der Waals surface area contributed by atoms with Crippen molar-refractivity contribution in [2.24, 2.45) is 0 Å². The molecule has 1 aliphatic rings. The molecule has 0 saturated carbocycles. The number of aromatic nitrogens is 3. The summed E-state index contributed by atoms with van der Waals surface area (Å²) < 4.78 is 7.31. The number of ether oxygens (including phenoxy) is 1. The Labute approximate surface area is 212 Å². The van der Waals surface area contributed by atoms with Gasteiger partial charge in [-0.05, 0) is 71.4 Å². The quantitative estimate of drug-likeness (QED) is 0.288. The number of fused-ring (bicyclic) bond motifs is 1. The fourth-order valence-corrected chi connectivity index (χ4v) is 7.22. The van der Waals surface area contributed by atoms with Crippen LogP contribution in [-0.4, -0.2) is 39.0 Å². The maximum Gasteiger partial charge on any atom is 0.341 e. The Kier molecular flexibility index (Phi) is 7.79. The second-order valence-corrected chi connectivity index (χ2v) is 11.7. The Hall–Kier alpha value is -2.17. The zero-order valence-corrected chi connectivity index (χ0v) is 22.6. The fourth-order valence-electron chi connectivity index (χ4n) is 4.16. The molecule has 0 saturated heterocycles. The minimum atomic E-state index is -0.407. The Morgan fingerprint density at radius 2 is 2.00 bits per heavy atom. The summed E-state index contributed by atoms with van der Waals surface area (Å²) in [4.78, 5) is 27.7. The minimum Gasteiger partial charge on any atom is -0.462 e. The van der Waals surface area contributed by atoms with Gasteiger partial charge in [0.15, 0.2) is 11.0 Å². The molecule has 1 aliphatic carbocycles. The van der Waals surface area contributed by atoms with Gasteiger partial charge in [-0.25, -0.2) is 4.79 Å². The maximum atomic E-state index is 12.8. The zero-order valence-electron chi connectivity index (χ0n) is 20.2.